The number of anilines is 1. The lowest BCUT2D eigenvalue weighted by Crippen LogP contribution is -2.21. The van der Waals surface area contributed by atoms with Crippen molar-refractivity contribution in [2.24, 2.45) is 7.05 Å². The minimum absolute atomic E-state index is 0.0635. The van der Waals surface area contributed by atoms with Crippen molar-refractivity contribution < 1.29 is 13.6 Å². The number of fused-ring (bicyclic) bond motifs is 1. The van der Waals surface area contributed by atoms with Gasteiger partial charge in [-0.15, -0.1) is 11.3 Å². The maximum Gasteiger partial charge on any atom is 0.262 e. The van der Waals surface area contributed by atoms with Crippen LogP contribution in [0.15, 0.2) is 28.2 Å². The molecule has 2 heterocycles. The molecule has 0 saturated carbocycles. The maximum absolute atomic E-state index is 13.6. The first-order chi connectivity index (χ1) is 12.3. The lowest BCUT2D eigenvalue weighted by atomic mass is 10.2. The number of nitrogens with zero attached hydrogens (tertiary/aromatic N) is 2. The van der Waals surface area contributed by atoms with Crippen molar-refractivity contribution in [1.29, 1.82) is 0 Å². The van der Waals surface area contributed by atoms with Gasteiger partial charge in [0.2, 0.25) is 5.91 Å². The molecule has 2 aromatic heterocycles. The van der Waals surface area contributed by atoms with E-state index >= 15 is 0 Å². The van der Waals surface area contributed by atoms with Gasteiger partial charge in [-0.25, -0.2) is 13.8 Å². The quantitative estimate of drug-likeness (QED) is 0.541. The second kappa shape index (κ2) is 7.16. The molecule has 1 amide bonds. The Kier molecular flexibility index (Phi) is 5.10. The monoisotopic (exact) mass is 395 g/mol. The summed E-state index contributed by atoms with van der Waals surface area (Å²) in [5.41, 5.74) is 0.655. The molecule has 0 fully saturated rings. The highest BCUT2D eigenvalue weighted by molar-refractivity contribution is 7.99. The molecule has 0 bridgehead atoms. The number of hydrogen-bond donors (Lipinski definition) is 1. The molecule has 26 heavy (non-hydrogen) atoms. The molecule has 0 atom stereocenters. The highest BCUT2D eigenvalue weighted by Crippen LogP contribution is 2.28. The third-order valence-electron chi connectivity index (χ3n) is 3.91. The molecule has 3 rings (SSSR count). The number of aromatic nitrogens is 2. The second-order valence-corrected chi connectivity index (χ2v) is 7.83. The van der Waals surface area contributed by atoms with Gasteiger partial charge >= 0.3 is 0 Å². The lowest BCUT2D eigenvalue weighted by Gasteiger charge is -2.08. The molecule has 1 aromatic carbocycles. The zero-order valence-electron chi connectivity index (χ0n) is 14.2. The standard InChI is InChI=1S/C17H15F2N3O2S2/c1-8-9(2)26-15-14(8)16(24)22(3)17(21-15)25-7-13(23)20-12-5-4-10(18)6-11(12)19/h4-6H,7H2,1-3H3,(H,20,23). The number of rotatable bonds is 4. The van der Waals surface area contributed by atoms with Crippen LogP contribution in [0.5, 0.6) is 0 Å². The van der Waals surface area contributed by atoms with E-state index in [-0.39, 0.29) is 17.0 Å². The van der Waals surface area contributed by atoms with Gasteiger partial charge in [0.25, 0.3) is 5.56 Å². The minimum Gasteiger partial charge on any atom is -0.323 e. The molecule has 0 spiro atoms. The predicted molar refractivity (Wildman–Crippen MR) is 100 cm³/mol. The van der Waals surface area contributed by atoms with E-state index in [0.29, 0.717) is 21.4 Å². The van der Waals surface area contributed by atoms with Crippen LogP contribution in [0, 0.1) is 25.5 Å². The molecular weight excluding hydrogens is 380 g/mol. The van der Waals surface area contributed by atoms with Crippen LogP contribution in [0.3, 0.4) is 0 Å². The topological polar surface area (TPSA) is 64.0 Å². The Morgan fingerprint density at radius 3 is 2.77 bits per heavy atom. The Morgan fingerprint density at radius 2 is 2.08 bits per heavy atom. The van der Waals surface area contributed by atoms with Gasteiger partial charge in [0.15, 0.2) is 5.16 Å². The number of aryl methyl sites for hydroxylation is 2. The molecular formula is C17H15F2N3O2S2. The zero-order valence-corrected chi connectivity index (χ0v) is 15.9. The van der Waals surface area contributed by atoms with E-state index in [1.165, 1.54) is 15.9 Å². The van der Waals surface area contributed by atoms with Crippen LogP contribution in [-0.2, 0) is 11.8 Å². The van der Waals surface area contributed by atoms with Crippen molar-refractivity contribution in [3.05, 3.63) is 50.6 Å². The molecule has 9 heteroatoms. The number of carbonyl (C=O) groups excluding carboxylic acids is 1. The molecule has 5 nitrogen and oxygen atoms in total. The predicted octanol–water partition coefficient (Wildman–Crippen LogP) is 3.62. The normalized spacial score (nSPS) is 11.1. The summed E-state index contributed by atoms with van der Waals surface area (Å²) in [6.07, 6.45) is 0. The first kappa shape index (κ1) is 18.5. The lowest BCUT2D eigenvalue weighted by molar-refractivity contribution is -0.113. The Balaban J connectivity index is 1.78. The van der Waals surface area contributed by atoms with Gasteiger partial charge < -0.3 is 5.32 Å². The van der Waals surface area contributed by atoms with E-state index in [1.807, 2.05) is 13.8 Å². The second-order valence-electron chi connectivity index (χ2n) is 5.68. The first-order valence-electron chi connectivity index (χ1n) is 7.62. The summed E-state index contributed by atoms with van der Waals surface area (Å²) in [4.78, 5) is 30.7. The molecule has 136 valence electrons. The molecule has 0 unspecified atom stereocenters. The fraction of sp³-hybridized carbons (Fsp3) is 0.235. The summed E-state index contributed by atoms with van der Waals surface area (Å²) in [5.74, 6) is -2.11. The highest BCUT2D eigenvalue weighted by atomic mass is 32.2. The number of halogens is 2. The van der Waals surface area contributed by atoms with Gasteiger partial charge in [-0.3, -0.25) is 14.2 Å². The van der Waals surface area contributed by atoms with Crippen molar-refractivity contribution >= 4 is 44.9 Å². The van der Waals surface area contributed by atoms with Crippen LogP contribution in [0.4, 0.5) is 14.5 Å². The number of thioether (sulfide) groups is 1. The number of thiophene rings is 1. The van der Waals surface area contributed by atoms with Crippen LogP contribution in [0.25, 0.3) is 10.2 Å². The highest BCUT2D eigenvalue weighted by Gasteiger charge is 2.16. The van der Waals surface area contributed by atoms with Crippen molar-refractivity contribution in [2.75, 3.05) is 11.1 Å². The number of nitrogens with one attached hydrogen (secondary N) is 1. The fourth-order valence-electron chi connectivity index (χ4n) is 2.39. The summed E-state index contributed by atoms with van der Waals surface area (Å²) in [5, 5.41) is 3.37. The molecule has 1 N–H and O–H groups in total. The summed E-state index contributed by atoms with van der Waals surface area (Å²) in [6.45, 7) is 3.81. The number of hydrogen-bond acceptors (Lipinski definition) is 5. The molecule has 0 radical (unpaired) electrons. The number of benzene rings is 1. The van der Waals surface area contributed by atoms with E-state index in [9.17, 15) is 18.4 Å². The summed E-state index contributed by atoms with van der Waals surface area (Å²) in [6, 6.07) is 2.92. The molecule has 3 aromatic rings. The first-order valence-corrected chi connectivity index (χ1v) is 9.42. The SMILES string of the molecule is Cc1sc2nc(SCC(=O)Nc3ccc(F)cc3F)n(C)c(=O)c2c1C. The summed E-state index contributed by atoms with van der Waals surface area (Å²) < 4.78 is 27.9. The molecule has 0 aliphatic rings. The van der Waals surface area contributed by atoms with Crippen molar-refractivity contribution in [2.45, 2.75) is 19.0 Å². The smallest absolute Gasteiger partial charge is 0.262 e. The Labute approximate surface area is 156 Å². The maximum atomic E-state index is 13.6. The average molecular weight is 395 g/mol. The van der Waals surface area contributed by atoms with Crippen LogP contribution < -0.4 is 10.9 Å². The number of amides is 1. The largest absolute Gasteiger partial charge is 0.323 e. The van der Waals surface area contributed by atoms with E-state index in [2.05, 4.69) is 10.3 Å². The average Bonchev–Trinajstić information content (AvgIpc) is 2.86. The Bertz CT molecular complexity index is 1080. The van der Waals surface area contributed by atoms with Crippen molar-refractivity contribution in [3.63, 3.8) is 0 Å². The third-order valence-corrected chi connectivity index (χ3v) is 6.04. The molecule has 0 aliphatic heterocycles. The summed E-state index contributed by atoms with van der Waals surface area (Å²) >= 11 is 2.51. The van der Waals surface area contributed by atoms with Crippen molar-refractivity contribution in [3.8, 4) is 0 Å². The van der Waals surface area contributed by atoms with Gasteiger partial charge in [0.1, 0.15) is 16.5 Å². The fourth-order valence-corrected chi connectivity index (χ4v) is 4.23. The van der Waals surface area contributed by atoms with Gasteiger partial charge in [-0.1, -0.05) is 11.8 Å². The Morgan fingerprint density at radius 1 is 1.35 bits per heavy atom. The van der Waals surface area contributed by atoms with Crippen molar-refractivity contribution in [1.82, 2.24) is 9.55 Å². The number of carbonyl (C=O) groups is 1. The van der Waals surface area contributed by atoms with Gasteiger partial charge in [0.05, 0.1) is 16.8 Å². The van der Waals surface area contributed by atoms with Crippen LogP contribution in [0.2, 0.25) is 0 Å². The van der Waals surface area contributed by atoms with E-state index < -0.39 is 17.5 Å². The van der Waals surface area contributed by atoms with Gasteiger partial charge in [-0.2, -0.15) is 0 Å². The van der Waals surface area contributed by atoms with E-state index in [1.54, 1.807) is 7.05 Å². The van der Waals surface area contributed by atoms with E-state index in [0.717, 1.165) is 34.3 Å². The molecule has 0 saturated heterocycles. The van der Waals surface area contributed by atoms with Gasteiger partial charge in [0, 0.05) is 18.0 Å². The van der Waals surface area contributed by atoms with Crippen LogP contribution in [0.1, 0.15) is 10.4 Å². The van der Waals surface area contributed by atoms with E-state index in [4.69, 9.17) is 0 Å². The van der Waals surface area contributed by atoms with Crippen LogP contribution >= 0.6 is 23.1 Å². The zero-order chi connectivity index (χ0) is 19.0. The molecule has 0 aliphatic carbocycles. The summed E-state index contributed by atoms with van der Waals surface area (Å²) in [7, 11) is 1.60. The Hall–Kier alpha value is -2.26. The third kappa shape index (κ3) is 3.49. The van der Waals surface area contributed by atoms with Gasteiger partial charge in [-0.05, 0) is 31.5 Å². The minimum atomic E-state index is -0.847. The van der Waals surface area contributed by atoms with Crippen LogP contribution in [-0.4, -0.2) is 21.2 Å².